The summed E-state index contributed by atoms with van der Waals surface area (Å²) >= 11 is 0. The molecule has 0 amide bonds. The van der Waals surface area contributed by atoms with Gasteiger partial charge in [0, 0.05) is 24.0 Å². The molecule has 0 unspecified atom stereocenters. The van der Waals surface area contributed by atoms with E-state index in [2.05, 4.69) is 4.90 Å². The highest BCUT2D eigenvalue weighted by Gasteiger charge is 2.32. The number of nitrogens with zero attached hydrogens (tertiary/aromatic N) is 3. The Morgan fingerprint density at radius 1 is 0.921 bits per heavy atom. The lowest BCUT2D eigenvalue weighted by molar-refractivity contribution is 0.0697. The van der Waals surface area contributed by atoms with Gasteiger partial charge in [-0.2, -0.15) is 0 Å². The van der Waals surface area contributed by atoms with Crippen LogP contribution in [0.2, 0.25) is 0 Å². The smallest absolute Gasteiger partial charge is 0.337 e. The molecule has 1 N–H and O–H groups in total. The average molecular weight is 528 g/mol. The normalized spacial score (nSPS) is 14.0. The Morgan fingerprint density at radius 3 is 2.37 bits per heavy atom. The number of hydrogen-bond acceptors (Lipinski definition) is 5. The van der Waals surface area contributed by atoms with Crippen LogP contribution in [0.5, 0.6) is 5.75 Å². The van der Waals surface area contributed by atoms with Gasteiger partial charge in [-0.15, -0.1) is 0 Å². The summed E-state index contributed by atoms with van der Waals surface area (Å²) in [7, 11) is -3.71. The number of para-hydroxylation sites is 1. The highest BCUT2D eigenvalue weighted by atomic mass is 32.2. The summed E-state index contributed by atoms with van der Waals surface area (Å²) in [6.07, 6.45) is 5.14. The Balaban J connectivity index is 1.20. The maximum atomic E-state index is 13.2. The Labute approximate surface area is 220 Å². The maximum Gasteiger partial charge on any atom is 0.337 e. The molecule has 8 nitrogen and oxygen atoms in total. The van der Waals surface area contributed by atoms with E-state index in [4.69, 9.17) is 4.74 Å². The van der Waals surface area contributed by atoms with Crippen LogP contribution in [0.4, 0.5) is 5.69 Å². The van der Waals surface area contributed by atoms with Crippen LogP contribution in [0.15, 0.2) is 102 Å². The van der Waals surface area contributed by atoms with Crippen molar-refractivity contribution in [3.63, 3.8) is 0 Å². The molecule has 5 aromatic rings. The Morgan fingerprint density at radius 2 is 1.66 bits per heavy atom. The molecular formula is C29H25N3O5S. The van der Waals surface area contributed by atoms with Gasteiger partial charge in [0.15, 0.2) is 0 Å². The first-order chi connectivity index (χ1) is 18.3. The molecule has 1 aliphatic heterocycles. The lowest BCUT2D eigenvalue weighted by atomic mass is 10.1. The second-order valence-corrected chi connectivity index (χ2v) is 11.2. The van der Waals surface area contributed by atoms with Crippen LogP contribution in [0.3, 0.4) is 0 Å². The third kappa shape index (κ3) is 4.10. The summed E-state index contributed by atoms with van der Waals surface area (Å²) in [6, 6.07) is 22.9. The fourth-order valence-corrected chi connectivity index (χ4v) is 6.17. The fraction of sp³-hybridized carbons (Fsp3) is 0.138. The van der Waals surface area contributed by atoms with Crippen molar-refractivity contribution in [1.29, 1.82) is 0 Å². The van der Waals surface area contributed by atoms with Crippen molar-refractivity contribution < 1.29 is 23.1 Å². The third-order valence-electron chi connectivity index (χ3n) is 6.80. The maximum absolute atomic E-state index is 13.2. The number of aromatic nitrogens is 2. The van der Waals surface area contributed by atoms with Crippen LogP contribution < -0.4 is 9.64 Å². The minimum Gasteiger partial charge on any atom is -0.487 e. The summed E-state index contributed by atoms with van der Waals surface area (Å²) in [6.45, 7) is 3.11. The fourth-order valence-electron chi connectivity index (χ4n) is 4.82. The largest absolute Gasteiger partial charge is 0.487 e. The van der Waals surface area contributed by atoms with Crippen LogP contribution in [-0.4, -0.2) is 47.2 Å². The second kappa shape index (κ2) is 9.11. The SMILES string of the molecule is Cc1ccc(S(=O)(=O)n2ccc3cc(OC4CN(c5cccc(C(=O)O)c5-n5cccc5)C4)ccc32)cc1. The average Bonchev–Trinajstić information content (AvgIpc) is 3.56. The minimum absolute atomic E-state index is 0.0863. The molecule has 1 aliphatic rings. The topological polar surface area (TPSA) is 93.8 Å². The van der Waals surface area contributed by atoms with Gasteiger partial charge in [-0.1, -0.05) is 23.8 Å². The van der Waals surface area contributed by atoms with Gasteiger partial charge in [0.2, 0.25) is 0 Å². The molecule has 0 bridgehead atoms. The van der Waals surface area contributed by atoms with Crippen LogP contribution in [0.1, 0.15) is 15.9 Å². The number of rotatable bonds is 7. The third-order valence-corrected chi connectivity index (χ3v) is 8.51. The zero-order valence-electron chi connectivity index (χ0n) is 20.6. The Kier molecular flexibility index (Phi) is 5.72. The standard InChI is InChI=1S/C29H25N3O5S/c1-20-7-10-24(11-8-20)38(35,36)32-16-13-21-17-22(9-12-26(21)32)37-23-18-31(19-23)27-6-4-5-25(29(33)34)28(27)30-14-2-3-15-30/h2-17,23H,18-19H2,1H3,(H,33,34). The summed E-state index contributed by atoms with van der Waals surface area (Å²) in [5, 5.41) is 10.5. The lowest BCUT2D eigenvalue weighted by Gasteiger charge is -2.41. The number of fused-ring (bicyclic) bond motifs is 1. The number of aryl methyl sites for hydroxylation is 1. The molecule has 0 spiro atoms. The number of ether oxygens (including phenoxy) is 1. The van der Waals surface area contributed by atoms with E-state index in [1.54, 1.807) is 60.8 Å². The number of carbonyl (C=O) groups is 1. The van der Waals surface area contributed by atoms with Gasteiger partial charge < -0.3 is 19.3 Å². The zero-order chi connectivity index (χ0) is 26.4. The minimum atomic E-state index is -3.71. The number of aromatic carboxylic acids is 1. The molecule has 0 radical (unpaired) electrons. The molecule has 3 heterocycles. The molecule has 0 saturated carbocycles. The molecule has 6 rings (SSSR count). The summed E-state index contributed by atoms with van der Waals surface area (Å²) < 4.78 is 35.6. The molecule has 0 atom stereocenters. The molecule has 9 heteroatoms. The zero-order valence-corrected chi connectivity index (χ0v) is 21.4. The predicted molar refractivity (Wildman–Crippen MR) is 145 cm³/mol. The van der Waals surface area contributed by atoms with Crippen LogP contribution in [-0.2, 0) is 10.0 Å². The molecule has 1 fully saturated rings. The van der Waals surface area contributed by atoms with Gasteiger partial charge in [-0.3, -0.25) is 0 Å². The van der Waals surface area contributed by atoms with Crippen molar-refractivity contribution in [3.05, 3.63) is 109 Å². The van der Waals surface area contributed by atoms with E-state index in [-0.39, 0.29) is 16.6 Å². The highest BCUT2D eigenvalue weighted by molar-refractivity contribution is 7.90. The van der Waals surface area contributed by atoms with E-state index in [0.717, 1.165) is 16.6 Å². The monoisotopic (exact) mass is 527 g/mol. The molecule has 2 aromatic heterocycles. The quantitative estimate of drug-likeness (QED) is 0.322. The molecule has 192 valence electrons. The van der Waals surface area contributed by atoms with Gasteiger partial charge in [0.05, 0.1) is 40.4 Å². The highest BCUT2D eigenvalue weighted by Crippen LogP contribution is 2.33. The molecule has 1 saturated heterocycles. The Bertz CT molecular complexity index is 1750. The van der Waals surface area contributed by atoms with Crippen molar-refractivity contribution in [1.82, 2.24) is 8.54 Å². The van der Waals surface area contributed by atoms with E-state index >= 15 is 0 Å². The van der Waals surface area contributed by atoms with Crippen molar-refractivity contribution in [2.24, 2.45) is 0 Å². The molecular weight excluding hydrogens is 502 g/mol. The number of anilines is 1. The van der Waals surface area contributed by atoms with Gasteiger partial charge >= 0.3 is 5.97 Å². The van der Waals surface area contributed by atoms with Crippen molar-refractivity contribution in [2.45, 2.75) is 17.9 Å². The second-order valence-electron chi connectivity index (χ2n) is 9.36. The van der Waals surface area contributed by atoms with Crippen LogP contribution in [0, 0.1) is 6.92 Å². The predicted octanol–water partition coefficient (Wildman–Crippen LogP) is 4.94. The van der Waals surface area contributed by atoms with Gasteiger partial charge in [0.25, 0.3) is 10.0 Å². The molecule has 3 aromatic carbocycles. The first-order valence-corrected chi connectivity index (χ1v) is 13.6. The van der Waals surface area contributed by atoms with E-state index < -0.39 is 16.0 Å². The van der Waals surface area contributed by atoms with Crippen LogP contribution in [0.25, 0.3) is 16.6 Å². The molecule has 0 aliphatic carbocycles. The first kappa shape index (κ1) is 23.9. The van der Waals surface area contributed by atoms with E-state index in [9.17, 15) is 18.3 Å². The lowest BCUT2D eigenvalue weighted by Crippen LogP contribution is -2.54. The van der Waals surface area contributed by atoms with Gasteiger partial charge in [-0.25, -0.2) is 17.2 Å². The van der Waals surface area contributed by atoms with E-state index in [1.807, 2.05) is 48.1 Å². The summed E-state index contributed by atoms with van der Waals surface area (Å²) in [5.41, 5.74) is 3.26. The van der Waals surface area contributed by atoms with Gasteiger partial charge in [0.1, 0.15) is 11.9 Å². The number of hydrogen-bond donors (Lipinski definition) is 1. The summed E-state index contributed by atoms with van der Waals surface area (Å²) in [4.78, 5) is 14.2. The van der Waals surface area contributed by atoms with E-state index in [0.29, 0.717) is 30.0 Å². The number of benzene rings is 3. The number of carboxylic acid groups (broad SMARTS) is 1. The van der Waals surface area contributed by atoms with Crippen molar-refractivity contribution >= 4 is 32.6 Å². The Hall–Kier alpha value is -4.50. The van der Waals surface area contributed by atoms with Crippen molar-refractivity contribution in [2.75, 3.05) is 18.0 Å². The summed E-state index contributed by atoms with van der Waals surface area (Å²) in [5.74, 6) is -0.328. The van der Waals surface area contributed by atoms with Crippen molar-refractivity contribution in [3.8, 4) is 11.4 Å². The van der Waals surface area contributed by atoms with E-state index in [1.165, 1.54) is 3.97 Å². The first-order valence-electron chi connectivity index (χ1n) is 12.2. The van der Waals surface area contributed by atoms with Crippen LogP contribution >= 0.6 is 0 Å². The number of carboxylic acids is 1. The molecule has 38 heavy (non-hydrogen) atoms. The van der Waals surface area contributed by atoms with Gasteiger partial charge in [-0.05, 0) is 67.6 Å².